The molecule has 1 saturated carbocycles. The Bertz CT molecular complexity index is 1200. The summed E-state index contributed by atoms with van der Waals surface area (Å²) in [6.45, 7) is 4.71. The quantitative estimate of drug-likeness (QED) is 0.636. The molecule has 9 heteroatoms. The number of hydrogen-bond donors (Lipinski definition) is 1. The number of carbonyl (C=O) groups excluding carboxylic acids is 1. The van der Waals surface area contributed by atoms with Crippen LogP contribution in [0.25, 0.3) is 11.0 Å². The lowest BCUT2D eigenvalue weighted by Gasteiger charge is -2.41. The van der Waals surface area contributed by atoms with Crippen LogP contribution >= 0.6 is 0 Å². The van der Waals surface area contributed by atoms with Gasteiger partial charge in [-0.3, -0.25) is 4.79 Å². The molecule has 3 aromatic rings. The molecule has 1 aliphatic carbocycles. The van der Waals surface area contributed by atoms with E-state index >= 15 is 0 Å². The average molecular weight is 453 g/mol. The van der Waals surface area contributed by atoms with Crippen LogP contribution < -0.4 is 10.2 Å². The molecule has 0 radical (unpaired) electrons. The summed E-state index contributed by atoms with van der Waals surface area (Å²) in [4.78, 5) is 25.6. The molecule has 0 spiro atoms. The lowest BCUT2D eigenvalue weighted by Crippen LogP contribution is -2.40. The van der Waals surface area contributed by atoms with Gasteiger partial charge < -0.3 is 24.4 Å². The Balaban J connectivity index is 1.48. The molecule has 174 valence electrons. The molecule has 8 nitrogen and oxygen atoms in total. The SMILES string of the molecule is CN(C)C(=O)c1cc2cnc(Nc3ccc(N4CCOCC4)c(F)c3)nc2n1C1(C)CCC1. The Morgan fingerprint density at radius 1 is 1.21 bits per heavy atom. The standard InChI is InChI=1S/C24H29FN6O2/c1-24(7-4-8-24)31-20(22(32)29(2)3)13-16-15-26-23(28-21(16)31)27-17-5-6-19(18(25)14-17)30-9-11-33-12-10-30/h5-6,13-15H,4,7-12H2,1-3H3,(H,26,27,28). The highest BCUT2D eigenvalue weighted by atomic mass is 19.1. The Hall–Kier alpha value is -3.20. The molecule has 1 saturated heterocycles. The van der Waals surface area contributed by atoms with E-state index in [4.69, 9.17) is 9.72 Å². The van der Waals surface area contributed by atoms with Crippen molar-refractivity contribution in [1.29, 1.82) is 0 Å². The number of hydrogen-bond acceptors (Lipinski definition) is 6. The van der Waals surface area contributed by atoms with Crippen LogP contribution in [0.4, 0.5) is 21.7 Å². The van der Waals surface area contributed by atoms with E-state index in [9.17, 15) is 9.18 Å². The van der Waals surface area contributed by atoms with Gasteiger partial charge in [0.15, 0.2) is 0 Å². The molecule has 5 rings (SSSR count). The van der Waals surface area contributed by atoms with Crippen molar-refractivity contribution in [2.24, 2.45) is 0 Å². The highest BCUT2D eigenvalue weighted by Crippen LogP contribution is 2.42. The molecule has 1 amide bonds. The summed E-state index contributed by atoms with van der Waals surface area (Å²) in [6, 6.07) is 6.93. The molecule has 2 fully saturated rings. The Labute approximate surface area is 192 Å². The largest absolute Gasteiger partial charge is 0.378 e. The van der Waals surface area contributed by atoms with Gasteiger partial charge in [0.2, 0.25) is 5.95 Å². The zero-order valence-electron chi connectivity index (χ0n) is 19.3. The number of nitrogens with one attached hydrogen (secondary N) is 1. The fraction of sp³-hybridized carbons (Fsp3) is 0.458. The van der Waals surface area contributed by atoms with Gasteiger partial charge in [0.05, 0.1) is 18.9 Å². The maximum Gasteiger partial charge on any atom is 0.270 e. The van der Waals surface area contributed by atoms with Crippen molar-refractivity contribution in [1.82, 2.24) is 19.4 Å². The smallest absolute Gasteiger partial charge is 0.270 e. The molecular weight excluding hydrogens is 423 g/mol. The minimum absolute atomic E-state index is 0.0589. The molecule has 2 aliphatic rings. The molecule has 3 heterocycles. The van der Waals surface area contributed by atoms with Gasteiger partial charge in [0.25, 0.3) is 5.91 Å². The number of ether oxygens (including phenoxy) is 1. The predicted octanol–water partition coefficient (Wildman–Crippen LogP) is 3.75. The molecule has 2 aromatic heterocycles. The van der Waals surface area contributed by atoms with Crippen molar-refractivity contribution in [2.75, 3.05) is 50.6 Å². The lowest BCUT2D eigenvalue weighted by atomic mass is 9.78. The van der Waals surface area contributed by atoms with E-state index in [-0.39, 0.29) is 17.3 Å². The molecule has 33 heavy (non-hydrogen) atoms. The second kappa shape index (κ2) is 8.30. The number of morpholine rings is 1. The van der Waals surface area contributed by atoms with Gasteiger partial charge in [-0.1, -0.05) is 0 Å². The van der Waals surface area contributed by atoms with Crippen molar-refractivity contribution in [3.63, 3.8) is 0 Å². The summed E-state index contributed by atoms with van der Waals surface area (Å²) in [5, 5.41) is 3.94. The van der Waals surface area contributed by atoms with Crippen LogP contribution in [0.2, 0.25) is 0 Å². The zero-order chi connectivity index (χ0) is 23.2. The van der Waals surface area contributed by atoms with E-state index in [2.05, 4.69) is 21.8 Å². The molecular formula is C24H29FN6O2. The highest BCUT2D eigenvalue weighted by Gasteiger charge is 2.38. The number of rotatable bonds is 5. The minimum atomic E-state index is -0.299. The third kappa shape index (κ3) is 3.90. The molecule has 1 N–H and O–H groups in total. The molecule has 0 bridgehead atoms. The number of benzene rings is 1. The number of fused-ring (bicyclic) bond motifs is 1. The second-order valence-corrected chi connectivity index (χ2v) is 9.28. The van der Waals surface area contributed by atoms with Crippen molar-refractivity contribution in [2.45, 2.75) is 31.7 Å². The van der Waals surface area contributed by atoms with E-state index in [1.165, 1.54) is 6.07 Å². The van der Waals surface area contributed by atoms with Gasteiger partial charge in [0.1, 0.15) is 17.2 Å². The van der Waals surface area contributed by atoms with Gasteiger partial charge in [-0.05, 0) is 50.5 Å². The number of amides is 1. The number of carbonyl (C=O) groups is 1. The molecule has 0 unspecified atom stereocenters. The maximum absolute atomic E-state index is 14.8. The van der Waals surface area contributed by atoms with Crippen LogP contribution in [0, 0.1) is 5.82 Å². The summed E-state index contributed by atoms with van der Waals surface area (Å²) < 4.78 is 22.2. The van der Waals surface area contributed by atoms with Crippen molar-refractivity contribution in [3.05, 3.63) is 42.0 Å². The fourth-order valence-electron chi connectivity index (χ4n) is 4.67. The highest BCUT2D eigenvalue weighted by molar-refractivity contribution is 5.98. The van der Waals surface area contributed by atoms with Gasteiger partial charge in [-0.15, -0.1) is 0 Å². The van der Waals surface area contributed by atoms with E-state index in [0.717, 1.165) is 24.6 Å². The molecule has 1 aromatic carbocycles. The van der Waals surface area contributed by atoms with Crippen molar-refractivity contribution >= 4 is 34.3 Å². The third-order valence-corrected chi connectivity index (χ3v) is 6.69. The van der Waals surface area contributed by atoms with E-state index < -0.39 is 0 Å². The zero-order valence-corrected chi connectivity index (χ0v) is 19.3. The first kappa shape index (κ1) is 21.6. The molecule has 1 aliphatic heterocycles. The Morgan fingerprint density at radius 3 is 2.61 bits per heavy atom. The monoisotopic (exact) mass is 452 g/mol. The van der Waals surface area contributed by atoms with E-state index in [1.807, 2.05) is 17.0 Å². The molecule has 0 atom stereocenters. The number of anilines is 3. The first-order chi connectivity index (χ1) is 15.9. The first-order valence-corrected chi connectivity index (χ1v) is 11.4. The predicted molar refractivity (Wildman–Crippen MR) is 126 cm³/mol. The van der Waals surface area contributed by atoms with Gasteiger partial charge in [-0.2, -0.15) is 4.98 Å². The van der Waals surface area contributed by atoms with Crippen LogP contribution in [0.3, 0.4) is 0 Å². The third-order valence-electron chi connectivity index (χ3n) is 6.69. The topological polar surface area (TPSA) is 75.5 Å². The Kier molecular flexibility index (Phi) is 5.44. The van der Waals surface area contributed by atoms with Gasteiger partial charge in [-0.25, -0.2) is 9.37 Å². The second-order valence-electron chi connectivity index (χ2n) is 9.28. The fourth-order valence-corrected chi connectivity index (χ4v) is 4.67. The van der Waals surface area contributed by atoms with E-state index in [1.54, 1.807) is 31.3 Å². The summed E-state index contributed by atoms with van der Waals surface area (Å²) in [5.74, 6) is 0.00996. The maximum atomic E-state index is 14.8. The number of nitrogens with zero attached hydrogens (tertiary/aromatic N) is 5. The summed E-state index contributed by atoms with van der Waals surface area (Å²) >= 11 is 0. The van der Waals surface area contributed by atoms with Crippen LogP contribution in [-0.4, -0.2) is 65.7 Å². The van der Waals surface area contributed by atoms with Crippen LogP contribution in [0.5, 0.6) is 0 Å². The number of halogens is 1. The van der Waals surface area contributed by atoms with Crippen molar-refractivity contribution < 1.29 is 13.9 Å². The van der Waals surface area contributed by atoms with Gasteiger partial charge >= 0.3 is 0 Å². The minimum Gasteiger partial charge on any atom is -0.378 e. The first-order valence-electron chi connectivity index (χ1n) is 11.4. The average Bonchev–Trinajstić information content (AvgIpc) is 3.16. The van der Waals surface area contributed by atoms with E-state index in [0.29, 0.717) is 55.0 Å². The summed E-state index contributed by atoms with van der Waals surface area (Å²) in [5.41, 5.74) is 2.32. The van der Waals surface area contributed by atoms with Gasteiger partial charge in [0, 0.05) is 50.0 Å². The lowest BCUT2D eigenvalue weighted by molar-refractivity contribution is 0.0793. The number of aromatic nitrogens is 3. The van der Waals surface area contributed by atoms with Crippen LogP contribution in [-0.2, 0) is 10.3 Å². The van der Waals surface area contributed by atoms with Crippen LogP contribution in [0.15, 0.2) is 30.5 Å². The normalized spacial score (nSPS) is 17.6. The summed E-state index contributed by atoms with van der Waals surface area (Å²) in [7, 11) is 3.50. The summed E-state index contributed by atoms with van der Waals surface area (Å²) in [6.07, 6.45) is 4.82. The Morgan fingerprint density at radius 2 is 1.97 bits per heavy atom. The van der Waals surface area contributed by atoms with Crippen molar-refractivity contribution in [3.8, 4) is 0 Å². The van der Waals surface area contributed by atoms with Crippen LogP contribution in [0.1, 0.15) is 36.7 Å².